The van der Waals surface area contributed by atoms with Crippen LogP contribution in [0.4, 0.5) is 4.39 Å². The van der Waals surface area contributed by atoms with Gasteiger partial charge in [0, 0.05) is 19.2 Å². The molecule has 1 aromatic carbocycles. The number of hydrogen-bond acceptors (Lipinski definition) is 3. The summed E-state index contributed by atoms with van der Waals surface area (Å²) in [6, 6.07) is 5.04. The summed E-state index contributed by atoms with van der Waals surface area (Å²) in [5, 5.41) is 3.51. The maximum Gasteiger partial charge on any atom is 0.125 e. The van der Waals surface area contributed by atoms with Gasteiger partial charge in [-0.05, 0) is 25.1 Å². The fourth-order valence-corrected chi connectivity index (χ4v) is 2.86. The summed E-state index contributed by atoms with van der Waals surface area (Å²) in [7, 11) is 1.98. The van der Waals surface area contributed by atoms with Crippen LogP contribution in [0.5, 0.6) is 0 Å². The van der Waals surface area contributed by atoms with Gasteiger partial charge in [-0.3, -0.25) is 0 Å². The molecular formula is C15H20FN3O. The van der Waals surface area contributed by atoms with Gasteiger partial charge in [-0.2, -0.15) is 0 Å². The van der Waals surface area contributed by atoms with Crippen LogP contribution >= 0.6 is 0 Å². The molecule has 0 amide bonds. The molecule has 1 aromatic heterocycles. The summed E-state index contributed by atoms with van der Waals surface area (Å²) in [5.41, 5.74) is 1.67. The second kappa shape index (κ2) is 5.50. The second-order valence-electron chi connectivity index (χ2n) is 5.37. The quantitative estimate of drug-likeness (QED) is 0.931. The van der Waals surface area contributed by atoms with Crippen LogP contribution in [0.15, 0.2) is 18.2 Å². The van der Waals surface area contributed by atoms with Crippen molar-refractivity contribution in [2.24, 2.45) is 7.05 Å². The van der Waals surface area contributed by atoms with E-state index in [1.54, 1.807) is 6.07 Å². The molecule has 2 atom stereocenters. The van der Waals surface area contributed by atoms with Crippen LogP contribution in [0.2, 0.25) is 0 Å². The van der Waals surface area contributed by atoms with Crippen molar-refractivity contribution in [1.82, 2.24) is 14.9 Å². The number of aromatic nitrogens is 2. The van der Waals surface area contributed by atoms with Crippen molar-refractivity contribution in [3.05, 3.63) is 29.8 Å². The van der Waals surface area contributed by atoms with E-state index in [-0.39, 0.29) is 17.8 Å². The molecule has 1 aliphatic rings. The third-order valence-corrected chi connectivity index (χ3v) is 3.95. The Kier molecular flexibility index (Phi) is 3.72. The Hall–Kier alpha value is -1.46. The van der Waals surface area contributed by atoms with E-state index in [1.807, 2.05) is 7.05 Å². The molecule has 4 nitrogen and oxygen atoms in total. The Morgan fingerprint density at radius 3 is 3.10 bits per heavy atom. The minimum atomic E-state index is -0.245. The average molecular weight is 277 g/mol. The topological polar surface area (TPSA) is 39.1 Å². The molecule has 20 heavy (non-hydrogen) atoms. The number of imidazole rings is 1. The molecule has 1 fully saturated rings. The molecule has 1 N–H and O–H groups in total. The Labute approximate surface area is 117 Å². The first-order chi connectivity index (χ1) is 9.70. The van der Waals surface area contributed by atoms with E-state index in [0.717, 1.165) is 24.3 Å². The van der Waals surface area contributed by atoms with E-state index in [0.29, 0.717) is 18.7 Å². The Balaban J connectivity index is 1.94. The third kappa shape index (κ3) is 2.31. The zero-order valence-corrected chi connectivity index (χ0v) is 11.9. The first-order valence-corrected chi connectivity index (χ1v) is 7.13. The molecule has 2 aromatic rings. The van der Waals surface area contributed by atoms with Gasteiger partial charge in [0.2, 0.25) is 0 Å². The van der Waals surface area contributed by atoms with Crippen molar-refractivity contribution in [2.75, 3.05) is 19.8 Å². The summed E-state index contributed by atoms with van der Waals surface area (Å²) < 4.78 is 21.0. The van der Waals surface area contributed by atoms with E-state index >= 15 is 0 Å². The predicted octanol–water partition coefficient (Wildman–Crippen LogP) is 2.19. The molecule has 1 saturated heterocycles. The zero-order valence-electron chi connectivity index (χ0n) is 11.9. The summed E-state index contributed by atoms with van der Waals surface area (Å²) >= 11 is 0. The lowest BCUT2D eigenvalue weighted by atomic mass is 10.0. The van der Waals surface area contributed by atoms with Crippen LogP contribution < -0.4 is 5.32 Å². The van der Waals surface area contributed by atoms with Crippen molar-refractivity contribution in [3.8, 4) is 0 Å². The SMILES string of the molecule is CCCNC1COCC1c1nc2cc(F)ccc2n1C. The maximum atomic E-state index is 13.3. The number of aryl methyl sites for hydroxylation is 1. The molecule has 0 radical (unpaired) electrons. The molecule has 2 unspecified atom stereocenters. The van der Waals surface area contributed by atoms with Gasteiger partial charge < -0.3 is 14.6 Å². The van der Waals surface area contributed by atoms with Crippen LogP contribution in [-0.4, -0.2) is 35.4 Å². The summed E-state index contributed by atoms with van der Waals surface area (Å²) in [6.07, 6.45) is 1.09. The standard InChI is InChI=1S/C15H20FN3O/c1-3-6-17-13-9-20-8-11(13)15-18-12-7-10(16)4-5-14(12)19(15)2/h4-5,7,11,13,17H,3,6,8-9H2,1-2H3. The number of nitrogens with one attached hydrogen (secondary N) is 1. The van der Waals surface area contributed by atoms with E-state index in [9.17, 15) is 4.39 Å². The molecule has 5 heteroatoms. The van der Waals surface area contributed by atoms with E-state index in [2.05, 4.69) is 21.8 Å². The predicted molar refractivity (Wildman–Crippen MR) is 76.3 cm³/mol. The zero-order chi connectivity index (χ0) is 14.1. The van der Waals surface area contributed by atoms with Gasteiger partial charge in [0.1, 0.15) is 11.6 Å². The van der Waals surface area contributed by atoms with Crippen molar-refractivity contribution < 1.29 is 9.13 Å². The Morgan fingerprint density at radius 1 is 1.45 bits per heavy atom. The molecule has 2 heterocycles. The largest absolute Gasteiger partial charge is 0.379 e. The minimum Gasteiger partial charge on any atom is -0.379 e. The van der Waals surface area contributed by atoms with Gasteiger partial charge in [0.15, 0.2) is 0 Å². The first-order valence-electron chi connectivity index (χ1n) is 7.13. The van der Waals surface area contributed by atoms with Crippen LogP contribution in [0.1, 0.15) is 25.1 Å². The van der Waals surface area contributed by atoms with E-state index in [1.165, 1.54) is 12.1 Å². The van der Waals surface area contributed by atoms with Gasteiger partial charge in [0.05, 0.1) is 30.2 Å². The van der Waals surface area contributed by atoms with Gasteiger partial charge >= 0.3 is 0 Å². The van der Waals surface area contributed by atoms with E-state index in [4.69, 9.17) is 4.74 Å². The lowest BCUT2D eigenvalue weighted by molar-refractivity contribution is 0.187. The normalized spacial score (nSPS) is 22.8. The maximum absolute atomic E-state index is 13.3. The average Bonchev–Trinajstić information content (AvgIpc) is 3.01. The highest BCUT2D eigenvalue weighted by Crippen LogP contribution is 2.28. The molecule has 0 aliphatic carbocycles. The number of ether oxygens (including phenoxy) is 1. The monoisotopic (exact) mass is 277 g/mol. The fourth-order valence-electron chi connectivity index (χ4n) is 2.86. The molecule has 1 aliphatic heterocycles. The molecule has 0 bridgehead atoms. The molecule has 3 rings (SSSR count). The molecule has 0 spiro atoms. The fraction of sp³-hybridized carbons (Fsp3) is 0.533. The highest BCUT2D eigenvalue weighted by Gasteiger charge is 2.32. The van der Waals surface area contributed by atoms with Gasteiger partial charge in [-0.15, -0.1) is 0 Å². The number of benzene rings is 1. The van der Waals surface area contributed by atoms with Gasteiger partial charge in [0.25, 0.3) is 0 Å². The summed E-state index contributed by atoms with van der Waals surface area (Å²) in [6.45, 7) is 4.50. The van der Waals surface area contributed by atoms with Crippen LogP contribution in [0, 0.1) is 5.82 Å². The smallest absolute Gasteiger partial charge is 0.125 e. The Morgan fingerprint density at radius 2 is 2.30 bits per heavy atom. The summed E-state index contributed by atoms with van der Waals surface area (Å²) in [5.74, 6) is 0.948. The first kappa shape index (κ1) is 13.5. The second-order valence-corrected chi connectivity index (χ2v) is 5.37. The minimum absolute atomic E-state index is 0.224. The lowest BCUT2D eigenvalue weighted by Gasteiger charge is -2.18. The van der Waals surface area contributed by atoms with Crippen LogP contribution in [0.25, 0.3) is 11.0 Å². The number of halogens is 1. The van der Waals surface area contributed by atoms with Crippen LogP contribution in [0.3, 0.4) is 0 Å². The third-order valence-electron chi connectivity index (χ3n) is 3.95. The number of hydrogen-bond donors (Lipinski definition) is 1. The summed E-state index contributed by atoms with van der Waals surface area (Å²) in [4.78, 5) is 4.62. The van der Waals surface area contributed by atoms with E-state index < -0.39 is 0 Å². The van der Waals surface area contributed by atoms with Crippen molar-refractivity contribution in [1.29, 1.82) is 0 Å². The molecular weight excluding hydrogens is 257 g/mol. The van der Waals surface area contributed by atoms with Crippen molar-refractivity contribution in [3.63, 3.8) is 0 Å². The lowest BCUT2D eigenvalue weighted by Crippen LogP contribution is -2.35. The number of rotatable bonds is 4. The highest BCUT2D eigenvalue weighted by atomic mass is 19.1. The number of nitrogens with zero attached hydrogens (tertiary/aromatic N) is 2. The van der Waals surface area contributed by atoms with Crippen molar-refractivity contribution >= 4 is 11.0 Å². The van der Waals surface area contributed by atoms with Crippen LogP contribution in [-0.2, 0) is 11.8 Å². The molecule has 0 saturated carbocycles. The Bertz CT molecular complexity index is 610. The highest BCUT2D eigenvalue weighted by molar-refractivity contribution is 5.76. The van der Waals surface area contributed by atoms with Crippen molar-refractivity contribution in [2.45, 2.75) is 25.3 Å². The van der Waals surface area contributed by atoms with Gasteiger partial charge in [-0.25, -0.2) is 9.37 Å². The molecule has 108 valence electrons. The number of fused-ring (bicyclic) bond motifs is 1. The van der Waals surface area contributed by atoms with Gasteiger partial charge in [-0.1, -0.05) is 6.92 Å².